The third kappa shape index (κ3) is 3.82. The Morgan fingerprint density at radius 2 is 2.00 bits per heavy atom. The van der Waals surface area contributed by atoms with E-state index in [1.807, 2.05) is 18.2 Å². The number of nitrogens with zero attached hydrogens (tertiary/aromatic N) is 4. The number of benzene rings is 1. The first-order valence-electron chi connectivity index (χ1n) is 10.8. The van der Waals surface area contributed by atoms with Gasteiger partial charge in [0.15, 0.2) is 5.82 Å². The molecule has 8 heteroatoms. The van der Waals surface area contributed by atoms with Crippen molar-refractivity contribution in [1.82, 2.24) is 20.4 Å². The number of anilines is 2. The van der Waals surface area contributed by atoms with Gasteiger partial charge >= 0.3 is 0 Å². The second-order valence-corrected chi connectivity index (χ2v) is 8.87. The molecule has 4 heterocycles. The lowest BCUT2D eigenvalue weighted by molar-refractivity contribution is -0.0646. The van der Waals surface area contributed by atoms with Crippen LogP contribution in [0.15, 0.2) is 30.3 Å². The highest BCUT2D eigenvalue weighted by Crippen LogP contribution is 2.42. The van der Waals surface area contributed by atoms with Crippen molar-refractivity contribution in [1.29, 1.82) is 0 Å². The highest BCUT2D eigenvalue weighted by Gasteiger charge is 2.45. The predicted octanol–water partition coefficient (Wildman–Crippen LogP) is 1.32. The molecule has 3 aliphatic heterocycles. The van der Waals surface area contributed by atoms with Gasteiger partial charge in [0.05, 0.1) is 24.1 Å². The summed E-state index contributed by atoms with van der Waals surface area (Å²) in [5.74, 6) is 0.647. The van der Waals surface area contributed by atoms with Crippen molar-refractivity contribution in [2.24, 2.45) is 5.41 Å². The van der Waals surface area contributed by atoms with Crippen LogP contribution < -0.4 is 16.0 Å². The fourth-order valence-electron chi connectivity index (χ4n) is 5.06. The lowest BCUT2D eigenvalue weighted by Gasteiger charge is -2.55. The minimum atomic E-state index is 0.201. The van der Waals surface area contributed by atoms with Gasteiger partial charge in [-0.1, -0.05) is 12.1 Å². The number of nitrogens with one attached hydrogen (secondary N) is 1. The van der Waals surface area contributed by atoms with Crippen molar-refractivity contribution >= 4 is 11.5 Å². The Morgan fingerprint density at radius 3 is 2.73 bits per heavy atom. The maximum Gasteiger partial charge on any atom is 0.169 e. The summed E-state index contributed by atoms with van der Waals surface area (Å²) in [4.78, 5) is 4.85. The summed E-state index contributed by atoms with van der Waals surface area (Å²) in [6.07, 6.45) is 2.63. The van der Waals surface area contributed by atoms with Crippen molar-refractivity contribution in [2.45, 2.75) is 18.9 Å². The molecule has 8 nitrogen and oxygen atoms in total. The van der Waals surface area contributed by atoms with E-state index in [2.05, 4.69) is 25.3 Å². The van der Waals surface area contributed by atoms with Crippen LogP contribution in [0.2, 0.25) is 0 Å². The Kier molecular flexibility index (Phi) is 5.22. The number of nitrogen functional groups attached to an aromatic ring is 1. The first-order chi connectivity index (χ1) is 14.6. The van der Waals surface area contributed by atoms with E-state index in [1.54, 1.807) is 12.1 Å². The first-order valence-corrected chi connectivity index (χ1v) is 10.8. The van der Waals surface area contributed by atoms with Gasteiger partial charge in [0, 0.05) is 51.4 Å². The molecule has 0 aliphatic carbocycles. The summed E-state index contributed by atoms with van der Waals surface area (Å²) < 4.78 is 5.85. The normalized spacial score (nSPS) is 24.0. The Labute approximate surface area is 177 Å². The lowest BCUT2D eigenvalue weighted by Crippen LogP contribution is -2.62. The zero-order valence-electron chi connectivity index (χ0n) is 17.3. The number of morpholine rings is 1. The maximum atomic E-state index is 10.2. The number of para-hydroxylation sites is 1. The van der Waals surface area contributed by atoms with E-state index in [1.165, 1.54) is 0 Å². The average molecular weight is 411 g/mol. The molecular formula is C22H30N6O2. The van der Waals surface area contributed by atoms with Crippen LogP contribution in [0.3, 0.4) is 0 Å². The van der Waals surface area contributed by atoms with Crippen LogP contribution in [-0.4, -0.2) is 78.7 Å². The lowest BCUT2D eigenvalue weighted by atomic mass is 9.72. The van der Waals surface area contributed by atoms with E-state index >= 15 is 0 Å². The number of nitrogens with two attached hydrogens (primary N) is 1. The molecule has 160 valence electrons. The summed E-state index contributed by atoms with van der Waals surface area (Å²) in [6, 6.07) is 9.14. The molecule has 5 rings (SSSR count). The Hall–Kier alpha value is -2.42. The van der Waals surface area contributed by atoms with Crippen LogP contribution in [0.5, 0.6) is 5.75 Å². The molecule has 0 saturated carbocycles. The van der Waals surface area contributed by atoms with Gasteiger partial charge < -0.3 is 25.8 Å². The van der Waals surface area contributed by atoms with Crippen LogP contribution in [-0.2, 0) is 4.74 Å². The van der Waals surface area contributed by atoms with Crippen LogP contribution in [0.4, 0.5) is 11.5 Å². The van der Waals surface area contributed by atoms with E-state index in [0.29, 0.717) is 28.6 Å². The van der Waals surface area contributed by atoms with Crippen molar-refractivity contribution < 1.29 is 9.84 Å². The highest BCUT2D eigenvalue weighted by molar-refractivity contribution is 5.74. The molecule has 0 amide bonds. The van der Waals surface area contributed by atoms with Gasteiger partial charge in [-0.2, -0.15) is 0 Å². The standard InChI is InChI=1S/C22H30N6O2/c23-21-19(11-18(25-26-21)17-3-1-2-4-20(17)29)28-8-5-22(6-9-28)14-27(15-22)13-16-12-24-7-10-30-16/h1-4,11,16,24,29H,5-10,12-15H2,(H2,23,26). The van der Waals surface area contributed by atoms with Gasteiger partial charge in [-0.15, -0.1) is 10.2 Å². The molecular weight excluding hydrogens is 380 g/mol. The maximum absolute atomic E-state index is 10.2. The van der Waals surface area contributed by atoms with Crippen molar-refractivity contribution in [3.05, 3.63) is 30.3 Å². The van der Waals surface area contributed by atoms with Gasteiger partial charge in [-0.25, -0.2) is 0 Å². The minimum Gasteiger partial charge on any atom is -0.507 e. The predicted molar refractivity (Wildman–Crippen MR) is 116 cm³/mol. The van der Waals surface area contributed by atoms with Crippen LogP contribution >= 0.6 is 0 Å². The third-order valence-electron chi connectivity index (χ3n) is 6.73. The van der Waals surface area contributed by atoms with Gasteiger partial charge in [-0.3, -0.25) is 4.90 Å². The minimum absolute atomic E-state index is 0.201. The van der Waals surface area contributed by atoms with Gasteiger partial charge in [0.1, 0.15) is 5.75 Å². The number of phenolic OH excluding ortho intramolecular Hbond substituents is 1. The molecule has 1 spiro atoms. The monoisotopic (exact) mass is 410 g/mol. The van der Waals surface area contributed by atoms with E-state index in [0.717, 1.165) is 70.9 Å². The van der Waals surface area contributed by atoms with Crippen molar-refractivity contribution in [3.8, 4) is 17.0 Å². The molecule has 1 unspecified atom stereocenters. The van der Waals surface area contributed by atoms with Gasteiger partial charge in [0.2, 0.25) is 0 Å². The second kappa shape index (κ2) is 8.02. The average Bonchev–Trinajstić information content (AvgIpc) is 2.75. The molecule has 1 atom stereocenters. The smallest absolute Gasteiger partial charge is 0.169 e. The number of rotatable bonds is 4. The summed E-state index contributed by atoms with van der Waals surface area (Å²) in [5.41, 5.74) is 8.83. The first kappa shape index (κ1) is 19.5. The van der Waals surface area contributed by atoms with E-state index in [-0.39, 0.29) is 5.75 Å². The fourth-order valence-corrected chi connectivity index (χ4v) is 5.06. The molecule has 2 aromatic rings. The van der Waals surface area contributed by atoms with Gasteiger partial charge in [0.25, 0.3) is 0 Å². The summed E-state index contributed by atoms with van der Waals surface area (Å²) >= 11 is 0. The number of likely N-dealkylation sites (tertiary alicyclic amines) is 1. The van der Waals surface area contributed by atoms with Crippen LogP contribution in [0.25, 0.3) is 11.3 Å². The number of hydrogen-bond donors (Lipinski definition) is 3. The summed E-state index contributed by atoms with van der Waals surface area (Å²) in [6.45, 7) is 8.03. The molecule has 3 aliphatic rings. The number of piperidine rings is 1. The number of phenols is 1. The number of aromatic hydroxyl groups is 1. The zero-order valence-corrected chi connectivity index (χ0v) is 17.3. The van der Waals surface area contributed by atoms with Crippen molar-refractivity contribution in [2.75, 3.05) is 63.1 Å². The Balaban J connectivity index is 1.21. The molecule has 1 aromatic heterocycles. The number of ether oxygens (including phenoxy) is 1. The number of aromatic nitrogens is 2. The third-order valence-corrected chi connectivity index (χ3v) is 6.73. The van der Waals surface area contributed by atoms with Crippen molar-refractivity contribution in [3.63, 3.8) is 0 Å². The van der Waals surface area contributed by atoms with E-state index in [4.69, 9.17) is 10.5 Å². The second-order valence-electron chi connectivity index (χ2n) is 8.87. The molecule has 0 bridgehead atoms. The molecule has 0 radical (unpaired) electrons. The topological polar surface area (TPSA) is 99.8 Å². The van der Waals surface area contributed by atoms with E-state index < -0.39 is 0 Å². The van der Waals surface area contributed by atoms with Crippen LogP contribution in [0.1, 0.15) is 12.8 Å². The Bertz CT molecular complexity index is 885. The quantitative estimate of drug-likeness (QED) is 0.694. The fraction of sp³-hybridized carbons (Fsp3) is 0.545. The molecule has 1 aromatic carbocycles. The molecule has 4 N–H and O–H groups in total. The molecule has 3 saturated heterocycles. The highest BCUT2D eigenvalue weighted by atomic mass is 16.5. The zero-order chi connectivity index (χ0) is 20.6. The largest absolute Gasteiger partial charge is 0.507 e. The van der Waals surface area contributed by atoms with Crippen LogP contribution in [0, 0.1) is 5.41 Å². The van der Waals surface area contributed by atoms with E-state index in [9.17, 15) is 5.11 Å². The summed E-state index contributed by atoms with van der Waals surface area (Å²) in [5, 5.41) is 21.9. The van der Waals surface area contributed by atoms with Gasteiger partial charge in [-0.05, 0) is 36.5 Å². The molecule has 30 heavy (non-hydrogen) atoms. The summed E-state index contributed by atoms with van der Waals surface area (Å²) in [7, 11) is 0. The number of hydrogen-bond acceptors (Lipinski definition) is 8. The molecule has 3 fully saturated rings. The Morgan fingerprint density at radius 1 is 1.20 bits per heavy atom. The SMILES string of the molecule is Nc1nnc(-c2ccccc2O)cc1N1CCC2(CC1)CN(CC1CNCCO1)C2.